The number of alkyl halides is 3. The first-order valence-electron chi connectivity index (χ1n) is 8.87. The van der Waals surface area contributed by atoms with Crippen LogP contribution in [0, 0.1) is 0 Å². The van der Waals surface area contributed by atoms with Gasteiger partial charge in [-0.05, 0) is 54.2 Å². The number of esters is 1. The molecular weight excluding hydrogens is 485 g/mol. The highest BCUT2D eigenvalue weighted by Gasteiger charge is 2.34. The fourth-order valence-corrected chi connectivity index (χ4v) is 3.01. The number of hydrogen-bond donors (Lipinski definition) is 3. The van der Waals surface area contributed by atoms with Gasteiger partial charge in [0, 0.05) is 5.69 Å². The molecule has 0 aliphatic carbocycles. The Morgan fingerprint density at radius 3 is 2.13 bits per heavy atom. The van der Waals surface area contributed by atoms with Gasteiger partial charge < -0.3 is 25.4 Å². The highest BCUT2D eigenvalue weighted by atomic mass is 35.6. The number of hydrogen-bond acceptors (Lipinski definition) is 5. The van der Waals surface area contributed by atoms with Crippen molar-refractivity contribution in [2.24, 2.45) is 0 Å². The molecule has 2 aromatic carbocycles. The van der Waals surface area contributed by atoms with Gasteiger partial charge in [-0.25, -0.2) is 4.79 Å². The molecule has 1 atom stereocenters. The van der Waals surface area contributed by atoms with Crippen molar-refractivity contribution in [3.8, 4) is 5.75 Å². The average Bonchev–Trinajstić information content (AvgIpc) is 2.73. The predicted octanol–water partition coefficient (Wildman–Crippen LogP) is 3.82. The van der Waals surface area contributed by atoms with E-state index < -0.39 is 15.9 Å². The van der Waals surface area contributed by atoms with E-state index in [1.165, 1.54) is 7.11 Å². The number of rotatable bonds is 7. The van der Waals surface area contributed by atoms with Gasteiger partial charge in [-0.3, -0.25) is 4.79 Å². The van der Waals surface area contributed by atoms with Gasteiger partial charge in [-0.2, -0.15) is 0 Å². The molecule has 0 fully saturated rings. The Kier molecular flexibility index (Phi) is 9.18. The van der Waals surface area contributed by atoms with Crippen molar-refractivity contribution < 1.29 is 19.1 Å². The first-order valence-corrected chi connectivity index (χ1v) is 10.4. The Bertz CT molecular complexity index is 919. The van der Waals surface area contributed by atoms with E-state index in [0.29, 0.717) is 17.0 Å². The fourth-order valence-electron chi connectivity index (χ4n) is 2.45. The lowest BCUT2D eigenvalue weighted by atomic mass is 10.1. The molecular formula is C20H20Cl3N3O4S. The molecule has 0 spiro atoms. The third kappa shape index (κ3) is 8.06. The summed E-state index contributed by atoms with van der Waals surface area (Å²) in [6, 6.07) is 13.4. The number of ether oxygens (including phenoxy) is 2. The molecule has 1 unspecified atom stereocenters. The van der Waals surface area contributed by atoms with Crippen LogP contribution in [0.5, 0.6) is 5.75 Å². The summed E-state index contributed by atoms with van der Waals surface area (Å²) < 4.78 is 7.86. The number of halogens is 3. The van der Waals surface area contributed by atoms with Gasteiger partial charge in [0.1, 0.15) is 11.9 Å². The van der Waals surface area contributed by atoms with E-state index in [-0.39, 0.29) is 17.4 Å². The van der Waals surface area contributed by atoms with E-state index in [9.17, 15) is 9.59 Å². The van der Waals surface area contributed by atoms with E-state index in [4.69, 9.17) is 51.8 Å². The van der Waals surface area contributed by atoms with E-state index in [1.54, 1.807) is 55.6 Å². The van der Waals surface area contributed by atoms with Crippen LogP contribution in [0.4, 0.5) is 5.69 Å². The molecule has 0 aliphatic rings. The van der Waals surface area contributed by atoms with Crippen molar-refractivity contribution in [3.05, 3.63) is 59.7 Å². The maximum absolute atomic E-state index is 12.4. The molecule has 2 aromatic rings. The standard InChI is InChI=1S/C20H20Cl3N3O4S/c1-29-15-9-3-12(4-10-15)11-16(27)25-18(20(21,22)23)26-19(31)24-14-7-5-13(6-8-14)17(28)30-2/h3-10,18H,11H2,1-2H3,(H,25,27)(H2,24,26,31). The van der Waals surface area contributed by atoms with Crippen LogP contribution >= 0.6 is 47.0 Å². The van der Waals surface area contributed by atoms with E-state index in [0.717, 1.165) is 5.56 Å². The van der Waals surface area contributed by atoms with Crippen LogP contribution in [0.3, 0.4) is 0 Å². The SMILES string of the molecule is COC(=O)c1ccc(NC(=S)NC(NC(=O)Cc2ccc(OC)cc2)C(Cl)(Cl)Cl)cc1. The number of carbonyl (C=O) groups excluding carboxylic acids is 2. The first kappa shape index (κ1) is 25.0. The Balaban J connectivity index is 1.97. The molecule has 31 heavy (non-hydrogen) atoms. The van der Waals surface area contributed by atoms with Crippen LogP contribution in [-0.4, -0.2) is 41.2 Å². The van der Waals surface area contributed by atoms with E-state index in [1.807, 2.05) is 0 Å². The zero-order valence-corrected chi connectivity index (χ0v) is 19.7. The van der Waals surface area contributed by atoms with Gasteiger partial charge in [-0.1, -0.05) is 46.9 Å². The van der Waals surface area contributed by atoms with Crippen LogP contribution in [0.2, 0.25) is 0 Å². The first-order chi connectivity index (χ1) is 14.6. The summed E-state index contributed by atoms with van der Waals surface area (Å²) in [4.78, 5) is 23.9. The number of thiocarbonyl (C=S) groups is 1. The molecule has 11 heteroatoms. The number of nitrogens with one attached hydrogen (secondary N) is 3. The fraction of sp³-hybridized carbons (Fsp3) is 0.250. The normalized spacial score (nSPS) is 11.8. The van der Waals surface area contributed by atoms with Crippen LogP contribution in [-0.2, 0) is 16.0 Å². The maximum Gasteiger partial charge on any atom is 0.337 e. The van der Waals surface area contributed by atoms with Crippen LogP contribution in [0.25, 0.3) is 0 Å². The average molecular weight is 505 g/mol. The van der Waals surface area contributed by atoms with Gasteiger partial charge in [-0.15, -0.1) is 0 Å². The zero-order valence-electron chi connectivity index (χ0n) is 16.6. The largest absolute Gasteiger partial charge is 0.497 e. The smallest absolute Gasteiger partial charge is 0.337 e. The lowest BCUT2D eigenvalue weighted by molar-refractivity contribution is -0.121. The molecule has 166 valence electrons. The Hall–Kier alpha value is -2.26. The lowest BCUT2D eigenvalue weighted by Crippen LogP contribution is -2.56. The number of benzene rings is 2. The van der Waals surface area contributed by atoms with Gasteiger partial charge in [0.25, 0.3) is 0 Å². The van der Waals surface area contributed by atoms with Crippen molar-refractivity contribution >= 4 is 69.7 Å². The molecule has 1 amide bonds. The van der Waals surface area contributed by atoms with Gasteiger partial charge in [0.15, 0.2) is 5.11 Å². The van der Waals surface area contributed by atoms with Crippen molar-refractivity contribution in [1.29, 1.82) is 0 Å². The molecule has 0 bridgehead atoms. The predicted molar refractivity (Wildman–Crippen MR) is 126 cm³/mol. The third-order valence-corrected chi connectivity index (χ3v) is 4.87. The molecule has 3 N–H and O–H groups in total. The second-order valence-corrected chi connectivity index (χ2v) is 9.01. The molecule has 0 saturated heterocycles. The topological polar surface area (TPSA) is 88.7 Å². The highest BCUT2D eigenvalue weighted by Crippen LogP contribution is 2.29. The highest BCUT2D eigenvalue weighted by molar-refractivity contribution is 7.80. The quantitative estimate of drug-likeness (QED) is 0.229. The summed E-state index contributed by atoms with van der Waals surface area (Å²) >= 11 is 23.3. The Morgan fingerprint density at radius 2 is 1.61 bits per heavy atom. The second kappa shape index (κ2) is 11.4. The number of anilines is 1. The zero-order chi connectivity index (χ0) is 23.0. The van der Waals surface area contributed by atoms with Crippen LogP contribution in [0.1, 0.15) is 15.9 Å². The van der Waals surface area contributed by atoms with E-state index >= 15 is 0 Å². The number of carbonyl (C=O) groups is 2. The van der Waals surface area contributed by atoms with Gasteiger partial charge >= 0.3 is 5.97 Å². The van der Waals surface area contributed by atoms with E-state index in [2.05, 4.69) is 20.7 Å². The monoisotopic (exact) mass is 503 g/mol. The van der Waals surface area contributed by atoms with Crippen molar-refractivity contribution in [2.75, 3.05) is 19.5 Å². The summed E-state index contributed by atoms with van der Waals surface area (Å²) in [5, 5.41) is 8.38. The molecule has 0 aliphatic heterocycles. The van der Waals surface area contributed by atoms with Crippen LogP contribution < -0.4 is 20.7 Å². The summed E-state index contributed by atoms with van der Waals surface area (Å²) in [7, 11) is 2.86. The molecule has 0 saturated carbocycles. The summed E-state index contributed by atoms with van der Waals surface area (Å²) in [5.74, 6) is -0.150. The minimum absolute atomic E-state index is 0.0676. The van der Waals surface area contributed by atoms with Gasteiger partial charge in [0.05, 0.1) is 26.2 Å². The number of methoxy groups -OCH3 is 2. The molecule has 0 heterocycles. The third-order valence-electron chi connectivity index (χ3n) is 4.00. The summed E-state index contributed by atoms with van der Waals surface area (Å²) in [6.45, 7) is 0. The summed E-state index contributed by atoms with van der Waals surface area (Å²) in [5.41, 5.74) is 1.72. The minimum Gasteiger partial charge on any atom is -0.497 e. The lowest BCUT2D eigenvalue weighted by Gasteiger charge is -2.27. The summed E-state index contributed by atoms with van der Waals surface area (Å²) in [6.07, 6.45) is -1.03. The Labute approximate surface area is 200 Å². The maximum atomic E-state index is 12.4. The molecule has 2 rings (SSSR count). The molecule has 0 radical (unpaired) electrons. The minimum atomic E-state index is -1.88. The Morgan fingerprint density at radius 1 is 1.00 bits per heavy atom. The van der Waals surface area contributed by atoms with Crippen molar-refractivity contribution in [1.82, 2.24) is 10.6 Å². The van der Waals surface area contributed by atoms with Crippen LogP contribution in [0.15, 0.2) is 48.5 Å². The molecule has 7 nitrogen and oxygen atoms in total. The van der Waals surface area contributed by atoms with Crippen molar-refractivity contribution in [3.63, 3.8) is 0 Å². The number of amides is 1. The second-order valence-electron chi connectivity index (χ2n) is 6.23. The van der Waals surface area contributed by atoms with Crippen molar-refractivity contribution in [2.45, 2.75) is 16.4 Å². The van der Waals surface area contributed by atoms with Gasteiger partial charge in [0.2, 0.25) is 9.70 Å². The molecule has 0 aromatic heterocycles.